The Kier molecular flexibility index (Phi) is 5.03. The Labute approximate surface area is 162 Å². The Balaban J connectivity index is 1.40. The fourth-order valence-corrected chi connectivity index (χ4v) is 3.10. The van der Waals surface area contributed by atoms with Crippen LogP contribution < -0.4 is 10.2 Å². The van der Waals surface area contributed by atoms with Crippen molar-refractivity contribution >= 4 is 17.4 Å². The molecule has 0 aliphatic carbocycles. The molecule has 1 amide bonds. The van der Waals surface area contributed by atoms with Gasteiger partial charge in [0.2, 0.25) is 0 Å². The van der Waals surface area contributed by atoms with Crippen molar-refractivity contribution in [1.82, 2.24) is 20.1 Å². The van der Waals surface area contributed by atoms with E-state index in [1.165, 1.54) is 12.1 Å². The van der Waals surface area contributed by atoms with Crippen molar-refractivity contribution in [2.45, 2.75) is 0 Å². The third-order valence-electron chi connectivity index (χ3n) is 4.82. The number of pyridine rings is 1. The number of likely N-dealkylation sites (N-methyl/N-ethyl adjacent to an activating group) is 1. The second-order valence-corrected chi connectivity index (χ2v) is 6.82. The number of piperazine rings is 1. The highest BCUT2D eigenvalue weighted by Gasteiger charge is 2.15. The fraction of sp³-hybridized carbons (Fsp3) is 0.250. The van der Waals surface area contributed by atoms with Crippen LogP contribution in [0.1, 0.15) is 10.5 Å². The Bertz CT molecular complexity index is 946. The summed E-state index contributed by atoms with van der Waals surface area (Å²) in [6.45, 7) is 3.97. The van der Waals surface area contributed by atoms with Crippen LogP contribution in [0.3, 0.4) is 0 Å². The van der Waals surface area contributed by atoms with E-state index in [0.717, 1.165) is 37.4 Å². The lowest BCUT2D eigenvalue weighted by atomic mass is 10.1. The molecule has 1 fully saturated rings. The van der Waals surface area contributed by atoms with Gasteiger partial charge in [0, 0.05) is 31.7 Å². The first-order chi connectivity index (χ1) is 13.6. The molecule has 1 aliphatic rings. The highest BCUT2D eigenvalue weighted by atomic mass is 19.1. The van der Waals surface area contributed by atoms with Crippen LogP contribution in [0.15, 0.2) is 48.7 Å². The third kappa shape index (κ3) is 4.01. The number of H-pyrrole nitrogens is 1. The number of rotatable bonds is 4. The number of nitrogens with zero attached hydrogens (tertiary/aromatic N) is 4. The molecule has 0 spiro atoms. The summed E-state index contributed by atoms with van der Waals surface area (Å²) >= 11 is 0. The number of aromatic amines is 1. The van der Waals surface area contributed by atoms with Gasteiger partial charge in [0.1, 0.15) is 17.3 Å². The second-order valence-electron chi connectivity index (χ2n) is 6.82. The van der Waals surface area contributed by atoms with Crippen LogP contribution >= 0.6 is 0 Å². The van der Waals surface area contributed by atoms with E-state index < -0.39 is 0 Å². The fourth-order valence-electron chi connectivity index (χ4n) is 3.10. The standard InChI is InChI=1S/C20H21FN6O/c1-26-8-10-27(11-9-26)16-6-7-19(22-13-16)23-20(28)18-12-17(24-25-18)14-2-4-15(21)5-3-14/h2-7,12-13H,8-11H2,1H3,(H,24,25)(H,22,23,28). The molecule has 28 heavy (non-hydrogen) atoms. The molecule has 3 heterocycles. The van der Waals surface area contributed by atoms with Gasteiger partial charge in [0.15, 0.2) is 0 Å². The smallest absolute Gasteiger partial charge is 0.274 e. The Morgan fingerprint density at radius 3 is 2.54 bits per heavy atom. The van der Waals surface area contributed by atoms with Crippen LogP contribution in [0.25, 0.3) is 11.3 Å². The molecule has 1 aromatic carbocycles. The maximum absolute atomic E-state index is 13.0. The van der Waals surface area contributed by atoms with Crippen molar-refractivity contribution < 1.29 is 9.18 Å². The zero-order valence-electron chi connectivity index (χ0n) is 15.5. The van der Waals surface area contributed by atoms with E-state index in [2.05, 4.69) is 37.3 Å². The lowest BCUT2D eigenvalue weighted by Gasteiger charge is -2.33. The lowest BCUT2D eigenvalue weighted by Crippen LogP contribution is -2.44. The van der Waals surface area contributed by atoms with E-state index in [-0.39, 0.29) is 11.7 Å². The molecular weight excluding hydrogens is 359 g/mol. The zero-order chi connectivity index (χ0) is 19.5. The SMILES string of the molecule is CN1CCN(c2ccc(NC(=O)c3cc(-c4ccc(F)cc4)n[nH]3)nc2)CC1. The number of carbonyl (C=O) groups excluding carboxylic acids is 1. The first-order valence-corrected chi connectivity index (χ1v) is 9.11. The van der Waals surface area contributed by atoms with Crippen molar-refractivity contribution in [2.75, 3.05) is 43.4 Å². The quantitative estimate of drug-likeness (QED) is 0.728. The van der Waals surface area contributed by atoms with Gasteiger partial charge in [-0.25, -0.2) is 9.37 Å². The molecule has 0 bridgehead atoms. The molecule has 0 saturated carbocycles. The van der Waals surface area contributed by atoms with Crippen molar-refractivity contribution in [3.8, 4) is 11.3 Å². The number of hydrogen-bond donors (Lipinski definition) is 2. The maximum atomic E-state index is 13.0. The van der Waals surface area contributed by atoms with Gasteiger partial charge in [-0.1, -0.05) is 0 Å². The van der Waals surface area contributed by atoms with Crippen LogP contribution in [-0.4, -0.2) is 59.2 Å². The summed E-state index contributed by atoms with van der Waals surface area (Å²) in [6, 6.07) is 11.3. The van der Waals surface area contributed by atoms with Crippen molar-refractivity contribution in [3.05, 3.63) is 60.2 Å². The highest BCUT2D eigenvalue weighted by Crippen LogP contribution is 2.20. The molecule has 3 aromatic rings. The number of nitrogens with one attached hydrogen (secondary N) is 2. The summed E-state index contributed by atoms with van der Waals surface area (Å²) in [4.78, 5) is 21.4. The molecule has 8 heteroatoms. The number of anilines is 2. The molecular formula is C20H21FN6O. The predicted octanol–water partition coefficient (Wildman–Crippen LogP) is 2.61. The van der Waals surface area contributed by atoms with E-state index in [1.807, 2.05) is 6.07 Å². The average molecular weight is 380 g/mol. The molecule has 144 valence electrons. The summed E-state index contributed by atoms with van der Waals surface area (Å²) in [6.07, 6.45) is 1.78. The number of hydrogen-bond acceptors (Lipinski definition) is 5. The monoisotopic (exact) mass is 380 g/mol. The number of benzene rings is 1. The van der Waals surface area contributed by atoms with Gasteiger partial charge in [-0.3, -0.25) is 9.89 Å². The summed E-state index contributed by atoms with van der Waals surface area (Å²) in [7, 11) is 2.12. The van der Waals surface area contributed by atoms with Gasteiger partial charge >= 0.3 is 0 Å². The maximum Gasteiger partial charge on any atom is 0.274 e. The number of amides is 1. The topological polar surface area (TPSA) is 77.1 Å². The van der Waals surface area contributed by atoms with Gasteiger partial charge in [0.25, 0.3) is 5.91 Å². The van der Waals surface area contributed by atoms with Gasteiger partial charge in [-0.15, -0.1) is 0 Å². The van der Waals surface area contributed by atoms with E-state index >= 15 is 0 Å². The van der Waals surface area contributed by atoms with Crippen molar-refractivity contribution in [3.63, 3.8) is 0 Å². The molecule has 1 aliphatic heterocycles. The minimum atomic E-state index is -0.333. The molecule has 0 unspecified atom stereocenters. The molecule has 4 rings (SSSR count). The van der Waals surface area contributed by atoms with Crippen molar-refractivity contribution in [2.24, 2.45) is 0 Å². The Hall–Kier alpha value is -3.26. The molecule has 7 nitrogen and oxygen atoms in total. The van der Waals surface area contributed by atoms with Crippen LogP contribution in [-0.2, 0) is 0 Å². The molecule has 2 aromatic heterocycles. The molecule has 0 radical (unpaired) electrons. The molecule has 2 N–H and O–H groups in total. The lowest BCUT2D eigenvalue weighted by molar-refractivity contribution is 0.102. The number of halogens is 1. The van der Waals surface area contributed by atoms with E-state index in [9.17, 15) is 9.18 Å². The molecule has 0 atom stereocenters. The van der Waals surface area contributed by atoms with Crippen LogP contribution in [0, 0.1) is 5.82 Å². The Morgan fingerprint density at radius 2 is 1.86 bits per heavy atom. The van der Waals surface area contributed by atoms with E-state index in [4.69, 9.17) is 0 Å². The summed E-state index contributed by atoms with van der Waals surface area (Å²) in [5.74, 6) is -0.176. The summed E-state index contributed by atoms with van der Waals surface area (Å²) in [5, 5.41) is 9.59. The Morgan fingerprint density at radius 1 is 1.11 bits per heavy atom. The second kappa shape index (κ2) is 7.77. The number of carbonyl (C=O) groups is 1. The third-order valence-corrected chi connectivity index (χ3v) is 4.82. The van der Waals surface area contributed by atoms with Gasteiger partial charge in [-0.2, -0.15) is 5.10 Å². The summed E-state index contributed by atoms with van der Waals surface area (Å²) in [5.41, 5.74) is 2.66. The van der Waals surface area contributed by atoms with E-state index in [0.29, 0.717) is 17.2 Å². The van der Waals surface area contributed by atoms with Crippen LogP contribution in [0.4, 0.5) is 15.9 Å². The van der Waals surface area contributed by atoms with E-state index in [1.54, 1.807) is 30.5 Å². The number of aromatic nitrogens is 3. The van der Waals surface area contributed by atoms with Gasteiger partial charge in [0.05, 0.1) is 17.6 Å². The van der Waals surface area contributed by atoms with Crippen molar-refractivity contribution in [1.29, 1.82) is 0 Å². The van der Waals surface area contributed by atoms with Crippen LogP contribution in [0.5, 0.6) is 0 Å². The highest BCUT2D eigenvalue weighted by molar-refractivity contribution is 6.02. The van der Waals surface area contributed by atoms with Gasteiger partial charge in [-0.05, 0) is 49.5 Å². The first kappa shape index (κ1) is 18.1. The van der Waals surface area contributed by atoms with Gasteiger partial charge < -0.3 is 15.1 Å². The minimum absolute atomic E-state index is 0.310. The predicted molar refractivity (Wildman–Crippen MR) is 106 cm³/mol. The minimum Gasteiger partial charge on any atom is -0.368 e. The zero-order valence-corrected chi connectivity index (χ0v) is 15.5. The molecule has 1 saturated heterocycles. The van der Waals surface area contributed by atoms with Crippen LogP contribution in [0.2, 0.25) is 0 Å². The first-order valence-electron chi connectivity index (χ1n) is 9.11. The average Bonchev–Trinajstić information content (AvgIpc) is 3.20. The summed E-state index contributed by atoms with van der Waals surface area (Å²) < 4.78 is 13.0. The largest absolute Gasteiger partial charge is 0.368 e. The normalized spacial score (nSPS) is 14.9.